The summed E-state index contributed by atoms with van der Waals surface area (Å²) in [7, 11) is 1.74. The van der Waals surface area contributed by atoms with Gasteiger partial charge in [-0.15, -0.1) is 24.0 Å². The fraction of sp³-hybridized carbons (Fsp3) is 0.882. The van der Waals surface area contributed by atoms with Crippen LogP contribution in [0.4, 0.5) is 0 Å². The Bertz CT molecular complexity index is 341. The number of hydrogen-bond donors (Lipinski definition) is 3. The van der Waals surface area contributed by atoms with Gasteiger partial charge in [0, 0.05) is 19.6 Å². The van der Waals surface area contributed by atoms with Gasteiger partial charge < -0.3 is 16.0 Å². The van der Waals surface area contributed by atoms with Crippen molar-refractivity contribution in [2.45, 2.75) is 71.3 Å². The Labute approximate surface area is 158 Å². The summed E-state index contributed by atoms with van der Waals surface area (Å²) in [6, 6.07) is 0.369. The van der Waals surface area contributed by atoms with Gasteiger partial charge in [0.15, 0.2) is 5.96 Å². The number of rotatable bonds is 8. The average Bonchev–Trinajstić information content (AvgIpc) is 2.50. The minimum atomic E-state index is 0. The molecule has 6 heteroatoms. The molecule has 5 nitrogen and oxygen atoms in total. The van der Waals surface area contributed by atoms with Crippen LogP contribution >= 0.6 is 24.0 Å². The average molecular weight is 438 g/mol. The lowest BCUT2D eigenvalue weighted by Crippen LogP contribution is -2.46. The highest BCUT2D eigenvalue weighted by atomic mass is 127. The van der Waals surface area contributed by atoms with Crippen LogP contribution in [-0.2, 0) is 4.79 Å². The number of aliphatic imine (C=N–C) groups is 1. The van der Waals surface area contributed by atoms with Gasteiger partial charge in [0.1, 0.15) is 0 Å². The van der Waals surface area contributed by atoms with Crippen molar-refractivity contribution in [3.8, 4) is 0 Å². The fourth-order valence-corrected chi connectivity index (χ4v) is 2.79. The van der Waals surface area contributed by atoms with E-state index in [-0.39, 0.29) is 29.9 Å². The molecule has 0 heterocycles. The molecule has 0 aromatic carbocycles. The number of nitrogens with one attached hydrogen (secondary N) is 3. The molecule has 0 radical (unpaired) electrons. The third kappa shape index (κ3) is 11.6. The second-order valence-electron chi connectivity index (χ2n) is 6.64. The normalized spacial score (nSPS) is 15.9. The maximum atomic E-state index is 11.9. The van der Waals surface area contributed by atoms with E-state index in [1.165, 1.54) is 32.1 Å². The predicted molar refractivity (Wildman–Crippen MR) is 108 cm³/mol. The van der Waals surface area contributed by atoms with Crippen molar-refractivity contribution < 1.29 is 4.79 Å². The second kappa shape index (κ2) is 13.9. The highest BCUT2D eigenvalue weighted by molar-refractivity contribution is 14.0. The van der Waals surface area contributed by atoms with E-state index >= 15 is 0 Å². The summed E-state index contributed by atoms with van der Waals surface area (Å²) >= 11 is 0. The van der Waals surface area contributed by atoms with Crippen molar-refractivity contribution in [3.63, 3.8) is 0 Å². The zero-order chi connectivity index (χ0) is 16.2. The van der Waals surface area contributed by atoms with Crippen LogP contribution in [0.25, 0.3) is 0 Å². The second-order valence-corrected chi connectivity index (χ2v) is 6.64. The third-order valence-corrected chi connectivity index (χ3v) is 4.11. The predicted octanol–water partition coefficient (Wildman–Crippen LogP) is 3.04. The monoisotopic (exact) mass is 438 g/mol. The molecule has 0 aromatic rings. The van der Waals surface area contributed by atoms with Crippen LogP contribution in [0.1, 0.15) is 65.2 Å². The SMILES string of the molecule is CN=C(NCCCCC(C)C)NCC(=O)NC1CCCCC1.I. The molecular formula is C17H35IN4O. The Hall–Kier alpha value is -0.530. The van der Waals surface area contributed by atoms with Gasteiger partial charge in [-0.2, -0.15) is 0 Å². The Balaban J connectivity index is 0.00000484. The molecule has 1 aliphatic rings. The number of halogens is 1. The summed E-state index contributed by atoms with van der Waals surface area (Å²) in [4.78, 5) is 16.1. The molecule has 0 atom stereocenters. The van der Waals surface area contributed by atoms with E-state index in [9.17, 15) is 4.79 Å². The van der Waals surface area contributed by atoms with E-state index < -0.39 is 0 Å². The first kappa shape index (κ1) is 22.5. The van der Waals surface area contributed by atoms with Crippen molar-refractivity contribution in [3.05, 3.63) is 0 Å². The molecule has 23 heavy (non-hydrogen) atoms. The molecule has 0 bridgehead atoms. The molecule has 1 amide bonds. The van der Waals surface area contributed by atoms with Crippen molar-refractivity contribution >= 4 is 35.8 Å². The summed E-state index contributed by atoms with van der Waals surface area (Å²) in [5.74, 6) is 1.54. The van der Waals surface area contributed by atoms with Gasteiger partial charge in [-0.05, 0) is 25.2 Å². The molecule has 0 aliphatic heterocycles. The summed E-state index contributed by atoms with van der Waals surface area (Å²) in [5, 5.41) is 9.45. The number of carbonyl (C=O) groups is 1. The van der Waals surface area contributed by atoms with E-state index in [0.717, 1.165) is 31.7 Å². The van der Waals surface area contributed by atoms with Crippen molar-refractivity contribution in [1.82, 2.24) is 16.0 Å². The van der Waals surface area contributed by atoms with Crippen LogP contribution in [0.2, 0.25) is 0 Å². The molecular weight excluding hydrogens is 403 g/mol. The van der Waals surface area contributed by atoms with Crippen molar-refractivity contribution in [2.75, 3.05) is 20.1 Å². The quantitative estimate of drug-likeness (QED) is 0.236. The molecule has 0 unspecified atom stereocenters. The number of unbranched alkanes of at least 4 members (excludes halogenated alkanes) is 1. The van der Waals surface area contributed by atoms with E-state index in [4.69, 9.17) is 0 Å². The van der Waals surface area contributed by atoms with Crippen LogP contribution in [0.15, 0.2) is 4.99 Å². The molecule has 0 saturated heterocycles. The Morgan fingerprint density at radius 1 is 1.13 bits per heavy atom. The molecule has 136 valence electrons. The maximum absolute atomic E-state index is 11.9. The zero-order valence-electron chi connectivity index (χ0n) is 15.0. The van der Waals surface area contributed by atoms with Gasteiger partial charge in [0.2, 0.25) is 5.91 Å². The van der Waals surface area contributed by atoms with Crippen LogP contribution < -0.4 is 16.0 Å². The Morgan fingerprint density at radius 2 is 1.83 bits per heavy atom. The molecule has 3 N–H and O–H groups in total. The van der Waals surface area contributed by atoms with Crippen molar-refractivity contribution in [2.24, 2.45) is 10.9 Å². The molecule has 0 aromatic heterocycles. The Morgan fingerprint density at radius 3 is 2.43 bits per heavy atom. The van der Waals surface area contributed by atoms with E-state index in [0.29, 0.717) is 18.5 Å². The number of amides is 1. The molecule has 1 fully saturated rings. The van der Waals surface area contributed by atoms with Gasteiger partial charge in [-0.1, -0.05) is 46.0 Å². The number of nitrogens with zero attached hydrogens (tertiary/aromatic N) is 1. The number of guanidine groups is 1. The first-order chi connectivity index (χ1) is 10.6. The van der Waals surface area contributed by atoms with E-state index in [2.05, 4.69) is 34.8 Å². The van der Waals surface area contributed by atoms with Gasteiger partial charge in [-0.25, -0.2) is 0 Å². The van der Waals surface area contributed by atoms with Gasteiger partial charge in [-0.3, -0.25) is 9.79 Å². The molecule has 1 saturated carbocycles. The van der Waals surface area contributed by atoms with E-state index in [1.54, 1.807) is 7.05 Å². The summed E-state index contributed by atoms with van der Waals surface area (Å²) in [6.45, 7) is 5.69. The zero-order valence-corrected chi connectivity index (χ0v) is 17.3. The summed E-state index contributed by atoms with van der Waals surface area (Å²) < 4.78 is 0. The lowest BCUT2D eigenvalue weighted by atomic mass is 9.95. The molecule has 0 spiro atoms. The maximum Gasteiger partial charge on any atom is 0.239 e. The van der Waals surface area contributed by atoms with Crippen LogP contribution in [-0.4, -0.2) is 38.0 Å². The lowest BCUT2D eigenvalue weighted by molar-refractivity contribution is -0.120. The highest BCUT2D eigenvalue weighted by Gasteiger charge is 2.15. The van der Waals surface area contributed by atoms with E-state index in [1.807, 2.05) is 0 Å². The van der Waals surface area contributed by atoms with Crippen molar-refractivity contribution in [1.29, 1.82) is 0 Å². The minimum Gasteiger partial charge on any atom is -0.356 e. The van der Waals surface area contributed by atoms with Crippen LogP contribution in [0.3, 0.4) is 0 Å². The first-order valence-corrected chi connectivity index (χ1v) is 8.85. The van der Waals surface area contributed by atoms with Gasteiger partial charge in [0.05, 0.1) is 6.54 Å². The largest absolute Gasteiger partial charge is 0.356 e. The smallest absolute Gasteiger partial charge is 0.239 e. The Kier molecular flexibility index (Phi) is 13.5. The minimum absolute atomic E-state index is 0. The number of carbonyl (C=O) groups excluding carboxylic acids is 1. The number of hydrogen-bond acceptors (Lipinski definition) is 2. The fourth-order valence-electron chi connectivity index (χ4n) is 2.79. The van der Waals surface area contributed by atoms with Gasteiger partial charge >= 0.3 is 0 Å². The van der Waals surface area contributed by atoms with Gasteiger partial charge in [0.25, 0.3) is 0 Å². The molecule has 1 aliphatic carbocycles. The van der Waals surface area contributed by atoms with Crippen LogP contribution in [0, 0.1) is 5.92 Å². The third-order valence-electron chi connectivity index (χ3n) is 4.11. The lowest BCUT2D eigenvalue weighted by Gasteiger charge is -2.23. The topological polar surface area (TPSA) is 65.5 Å². The standard InChI is InChI=1S/C17H34N4O.HI/c1-14(2)9-7-8-12-19-17(18-3)20-13-16(22)21-15-10-5-4-6-11-15;/h14-15H,4-13H2,1-3H3,(H,21,22)(H2,18,19,20);1H. The summed E-state index contributed by atoms with van der Waals surface area (Å²) in [6.07, 6.45) is 9.63. The first-order valence-electron chi connectivity index (χ1n) is 8.85. The summed E-state index contributed by atoms with van der Waals surface area (Å²) in [5.41, 5.74) is 0. The molecule has 1 rings (SSSR count). The van der Waals surface area contributed by atoms with Crippen LogP contribution in [0.5, 0.6) is 0 Å². The highest BCUT2D eigenvalue weighted by Crippen LogP contribution is 2.17.